The Labute approximate surface area is 142 Å². The average Bonchev–Trinajstić information content (AvgIpc) is 3.11. The Bertz CT molecular complexity index is 692. The molecule has 0 spiro atoms. The average molecular weight is 327 g/mol. The van der Waals surface area contributed by atoms with E-state index in [0.717, 1.165) is 37.5 Å². The first-order valence-corrected chi connectivity index (χ1v) is 8.73. The summed E-state index contributed by atoms with van der Waals surface area (Å²) >= 11 is 0. The minimum atomic E-state index is 0.0185. The Balaban J connectivity index is 1.75. The fourth-order valence-corrected chi connectivity index (χ4v) is 3.28. The Morgan fingerprint density at radius 3 is 2.71 bits per heavy atom. The summed E-state index contributed by atoms with van der Waals surface area (Å²) in [7, 11) is 0. The molecular weight excluding hydrogens is 302 g/mol. The van der Waals surface area contributed by atoms with Gasteiger partial charge in [-0.05, 0) is 26.7 Å². The van der Waals surface area contributed by atoms with Gasteiger partial charge in [0.15, 0.2) is 0 Å². The number of imidazole rings is 1. The van der Waals surface area contributed by atoms with Gasteiger partial charge in [0.1, 0.15) is 11.6 Å². The first kappa shape index (κ1) is 16.6. The third-order valence-electron chi connectivity index (χ3n) is 4.60. The summed E-state index contributed by atoms with van der Waals surface area (Å²) in [6.45, 7) is 7.81. The smallest absolute Gasteiger partial charge is 0.257 e. The van der Waals surface area contributed by atoms with Crippen molar-refractivity contribution < 1.29 is 4.79 Å². The number of aromatic nitrogens is 4. The molecule has 1 saturated heterocycles. The van der Waals surface area contributed by atoms with E-state index < -0.39 is 0 Å². The van der Waals surface area contributed by atoms with Crippen LogP contribution in [-0.2, 0) is 6.42 Å². The van der Waals surface area contributed by atoms with E-state index >= 15 is 0 Å². The number of piperidine rings is 1. The van der Waals surface area contributed by atoms with Crippen molar-refractivity contribution in [1.29, 1.82) is 0 Å². The fourth-order valence-electron chi connectivity index (χ4n) is 3.28. The summed E-state index contributed by atoms with van der Waals surface area (Å²) in [6, 6.07) is 0.378. The number of likely N-dealkylation sites (tertiary alicyclic amines) is 1. The van der Waals surface area contributed by atoms with E-state index in [-0.39, 0.29) is 11.8 Å². The summed E-state index contributed by atoms with van der Waals surface area (Å²) < 4.78 is 2.21. The van der Waals surface area contributed by atoms with E-state index in [1.54, 1.807) is 12.4 Å². The Morgan fingerprint density at radius 1 is 1.29 bits per heavy atom. The molecule has 1 atom stereocenters. The molecule has 6 nitrogen and oxygen atoms in total. The molecule has 0 bridgehead atoms. The second-order valence-corrected chi connectivity index (χ2v) is 6.62. The molecule has 1 aliphatic rings. The minimum absolute atomic E-state index is 0.0185. The third kappa shape index (κ3) is 3.32. The van der Waals surface area contributed by atoms with Crippen molar-refractivity contribution in [3.8, 4) is 0 Å². The van der Waals surface area contributed by atoms with E-state index in [9.17, 15) is 4.79 Å². The summed E-state index contributed by atoms with van der Waals surface area (Å²) in [5.41, 5.74) is 0.569. The lowest BCUT2D eigenvalue weighted by Crippen LogP contribution is -2.40. The van der Waals surface area contributed by atoms with Gasteiger partial charge in [0.2, 0.25) is 0 Å². The zero-order chi connectivity index (χ0) is 17.1. The zero-order valence-corrected chi connectivity index (χ0v) is 14.6. The Morgan fingerprint density at radius 2 is 2.04 bits per heavy atom. The van der Waals surface area contributed by atoms with Gasteiger partial charge >= 0.3 is 0 Å². The van der Waals surface area contributed by atoms with Crippen LogP contribution in [0.5, 0.6) is 0 Å². The van der Waals surface area contributed by atoms with Crippen molar-refractivity contribution in [1.82, 2.24) is 24.4 Å². The first-order chi connectivity index (χ1) is 11.6. The molecule has 0 radical (unpaired) electrons. The number of carbonyl (C=O) groups is 1. The Hall–Kier alpha value is -2.24. The quantitative estimate of drug-likeness (QED) is 0.866. The van der Waals surface area contributed by atoms with Crippen LogP contribution < -0.4 is 0 Å². The summed E-state index contributed by atoms with van der Waals surface area (Å²) in [6.07, 6.45) is 10.0. The number of carbonyl (C=O) groups excluding carboxylic acids is 1. The molecule has 3 rings (SSSR count). The van der Waals surface area contributed by atoms with Gasteiger partial charge < -0.3 is 9.47 Å². The highest BCUT2D eigenvalue weighted by Gasteiger charge is 2.28. The summed E-state index contributed by atoms with van der Waals surface area (Å²) in [5.74, 6) is 2.16. The maximum absolute atomic E-state index is 12.8. The number of amides is 1. The van der Waals surface area contributed by atoms with Gasteiger partial charge in [0, 0.05) is 56.3 Å². The molecule has 1 amide bonds. The second kappa shape index (κ2) is 7.11. The van der Waals surface area contributed by atoms with Gasteiger partial charge in [-0.2, -0.15) is 0 Å². The van der Waals surface area contributed by atoms with Crippen LogP contribution in [0.15, 0.2) is 24.8 Å². The molecule has 0 N–H and O–H groups in total. The van der Waals surface area contributed by atoms with Crippen LogP contribution in [0.1, 0.15) is 67.6 Å². The van der Waals surface area contributed by atoms with Crippen molar-refractivity contribution >= 4 is 5.91 Å². The minimum Gasteiger partial charge on any atom is -0.338 e. The number of hydrogen-bond acceptors (Lipinski definition) is 4. The normalized spacial score (nSPS) is 18.2. The maximum atomic E-state index is 12.8. The zero-order valence-electron chi connectivity index (χ0n) is 14.6. The second-order valence-electron chi connectivity index (χ2n) is 6.62. The van der Waals surface area contributed by atoms with E-state index in [4.69, 9.17) is 0 Å². The van der Waals surface area contributed by atoms with Gasteiger partial charge in [-0.15, -0.1) is 0 Å². The van der Waals surface area contributed by atoms with Crippen LogP contribution in [0.2, 0.25) is 0 Å². The Kier molecular flexibility index (Phi) is 4.92. The topological polar surface area (TPSA) is 63.9 Å². The molecule has 3 heterocycles. The monoisotopic (exact) mass is 327 g/mol. The van der Waals surface area contributed by atoms with E-state index in [2.05, 4.69) is 33.4 Å². The third-order valence-corrected chi connectivity index (χ3v) is 4.60. The fraction of sp³-hybridized carbons (Fsp3) is 0.556. The van der Waals surface area contributed by atoms with Crippen molar-refractivity contribution in [3.05, 3.63) is 42.0 Å². The summed E-state index contributed by atoms with van der Waals surface area (Å²) in [4.78, 5) is 27.7. The molecule has 0 unspecified atom stereocenters. The van der Waals surface area contributed by atoms with Crippen molar-refractivity contribution in [2.75, 3.05) is 13.1 Å². The molecule has 128 valence electrons. The van der Waals surface area contributed by atoms with Gasteiger partial charge in [0.05, 0.1) is 5.56 Å². The molecule has 1 aliphatic heterocycles. The van der Waals surface area contributed by atoms with E-state index in [1.807, 2.05) is 24.2 Å². The van der Waals surface area contributed by atoms with Gasteiger partial charge in [-0.3, -0.25) is 4.79 Å². The molecule has 1 fully saturated rings. The molecule has 0 aromatic carbocycles. The van der Waals surface area contributed by atoms with Crippen LogP contribution in [0.4, 0.5) is 0 Å². The standard InChI is InChI=1S/C18H25N5O/c1-4-16-20-10-15(11-21-16)18(24)22-8-5-6-14(12-22)17-19-7-9-23(17)13(2)3/h7,9-11,13-14H,4-6,8,12H2,1-3H3/t14-/m1/s1. The number of rotatable bonds is 4. The predicted octanol–water partition coefficient (Wildman–Crippen LogP) is 2.84. The molecule has 2 aromatic rings. The SMILES string of the molecule is CCc1ncc(C(=O)N2CCC[C@@H](c3nccn3C(C)C)C2)cn1. The molecule has 2 aromatic heterocycles. The van der Waals surface area contributed by atoms with Crippen molar-refractivity contribution in [2.24, 2.45) is 0 Å². The number of nitrogens with zero attached hydrogens (tertiary/aromatic N) is 5. The van der Waals surface area contributed by atoms with Crippen molar-refractivity contribution in [3.63, 3.8) is 0 Å². The van der Waals surface area contributed by atoms with Crippen LogP contribution in [0, 0.1) is 0 Å². The molecule has 24 heavy (non-hydrogen) atoms. The van der Waals surface area contributed by atoms with Crippen LogP contribution in [0.3, 0.4) is 0 Å². The van der Waals surface area contributed by atoms with Gasteiger partial charge in [0.25, 0.3) is 5.91 Å². The molecule has 0 saturated carbocycles. The van der Waals surface area contributed by atoms with Crippen LogP contribution >= 0.6 is 0 Å². The summed E-state index contributed by atoms with van der Waals surface area (Å²) in [5, 5.41) is 0. The van der Waals surface area contributed by atoms with E-state index in [1.165, 1.54) is 0 Å². The highest BCUT2D eigenvalue weighted by molar-refractivity contribution is 5.93. The number of aryl methyl sites for hydroxylation is 1. The molecule has 0 aliphatic carbocycles. The van der Waals surface area contributed by atoms with E-state index in [0.29, 0.717) is 18.2 Å². The first-order valence-electron chi connectivity index (χ1n) is 8.73. The van der Waals surface area contributed by atoms with Gasteiger partial charge in [-0.1, -0.05) is 6.92 Å². The lowest BCUT2D eigenvalue weighted by Gasteiger charge is -2.33. The molecule has 6 heteroatoms. The van der Waals surface area contributed by atoms with Crippen LogP contribution in [0.25, 0.3) is 0 Å². The molecular formula is C18H25N5O. The highest BCUT2D eigenvalue weighted by Crippen LogP contribution is 2.28. The number of hydrogen-bond donors (Lipinski definition) is 0. The lowest BCUT2D eigenvalue weighted by atomic mass is 9.96. The van der Waals surface area contributed by atoms with Crippen LogP contribution in [-0.4, -0.2) is 43.4 Å². The van der Waals surface area contributed by atoms with Crippen molar-refractivity contribution in [2.45, 2.75) is 52.0 Å². The van der Waals surface area contributed by atoms with Gasteiger partial charge in [-0.25, -0.2) is 15.0 Å². The largest absolute Gasteiger partial charge is 0.338 e. The maximum Gasteiger partial charge on any atom is 0.257 e. The highest BCUT2D eigenvalue weighted by atomic mass is 16.2. The lowest BCUT2D eigenvalue weighted by molar-refractivity contribution is 0.0702. The predicted molar refractivity (Wildman–Crippen MR) is 91.9 cm³/mol.